The minimum Gasteiger partial charge on any atom is -0.335 e. The van der Waals surface area contributed by atoms with E-state index in [2.05, 4.69) is 0 Å². The first-order valence-electron chi connectivity index (χ1n) is 6.80. The fourth-order valence-corrected chi connectivity index (χ4v) is 1.98. The van der Waals surface area contributed by atoms with Gasteiger partial charge >= 0.3 is 0 Å². The van der Waals surface area contributed by atoms with Gasteiger partial charge in [0.2, 0.25) is 5.78 Å². The minimum absolute atomic E-state index is 0.353. The number of hydrogen-bond acceptors (Lipinski definition) is 2. The van der Waals surface area contributed by atoms with Gasteiger partial charge in [0.05, 0.1) is 0 Å². The molecule has 1 aromatic rings. The van der Waals surface area contributed by atoms with Crippen molar-refractivity contribution in [3.8, 4) is 0 Å². The van der Waals surface area contributed by atoms with Crippen molar-refractivity contribution in [3.63, 3.8) is 0 Å². The molecule has 0 atom stereocenters. The molecule has 0 saturated carbocycles. The van der Waals surface area contributed by atoms with E-state index in [1.807, 2.05) is 33.8 Å². The smallest absolute Gasteiger partial charge is 0.294 e. The highest BCUT2D eigenvalue weighted by atomic mass is 16.2. The molecule has 0 unspecified atom stereocenters. The summed E-state index contributed by atoms with van der Waals surface area (Å²) in [6.45, 7) is 9.44. The lowest BCUT2D eigenvalue weighted by Gasteiger charge is -2.25. The molecule has 0 radical (unpaired) electrons. The molecular weight excluding hydrogens is 238 g/mol. The molecule has 0 spiro atoms. The third-order valence-corrected chi connectivity index (χ3v) is 2.69. The van der Waals surface area contributed by atoms with E-state index in [4.69, 9.17) is 0 Å². The Morgan fingerprint density at radius 2 is 1.42 bits per heavy atom. The molecule has 1 aromatic carbocycles. The average Bonchev–Trinajstić information content (AvgIpc) is 2.36. The second kappa shape index (κ2) is 7.07. The molecular formula is C16H23NO2. The average molecular weight is 261 g/mol. The lowest BCUT2D eigenvalue weighted by molar-refractivity contribution is -0.127. The Labute approximate surface area is 115 Å². The quantitative estimate of drug-likeness (QED) is 0.583. The summed E-state index contributed by atoms with van der Waals surface area (Å²) < 4.78 is 0. The predicted molar refractivity (Wildman–Crippen MR) is 77.0 cm³/mol. The highest BCUT2D eigenvalue weighted by Gasteiger charge is 2.24. The molecule has 1 amide bonds. The molecule has 0 aliphatic heterocycles. The van der Waals surface area contributed by atoms with Crippen LogP contribution in [0.4, 0.5) is 0 Å². The van der Waals surface area contributed by atoms with E-state index in [0.29, 0.717) is 30.5 Å². The third-order valence-electron chi connectivity index (χ3n) is 2.69. The van der Waals surface area contributed by atoms with Gasteiger partial charge in [0.25, 0.3) is 5.91 Å². The summed E-state index contributed by atoms with van der Waals surface area (Å²) in [5, 5.41) is 0. The summed E-state index contributed by atoms with van der Waals surface area (Å²) in [7, 11) is 0. The van der Waals surface area contributed by atoms with E-state index < -0.39 is 11.7 Å². The second-order valence-electron chi connectivity index (χ2n) is 5.69. The summed E-state index contributed by atoms with van der Waals surface area (Å²) in [5.41, 5.74) is 0.463. The van der Waals surface area contributed by atoms with Crippen LogP contribution in [0.3, 0.4) is 0 Å². The van der Waals surface area contributed by atoms with E-state index in [1.54, 1.807) is 29.2 Å². The van der Waals surface area contributed by atoms with Crippen LogP contribution in [0.5, 0.6) is 0 Å². The zero-order chi connectivity index (χ0) is 14.4. The Kier molecular flexibility index (Phi) is 5.74. The summed E-state index contributed by atoms with van der Waals surface area (Å²) in [6.07, 6.45) is 0. The Bertz CT molecular complexity index is 414. The molecule has 0 heterocycles. The second-order valence-corrected chi connectivity index (χ2v) is 5.69. The number of nitrogens with zero attached hydrogens (tertiary/aromatic N) is 1. The first kappa shape index (κ1) is 15.4. The maximum atomic E-state index is 12.3. The largest absolute Gasteiger partial charge is 0.335 e. The van der Waals surface area contributed by atoms with Gasteiger partial charge in [-0.2, -0.15) is 0 Å². The molecule has 0 aliphatic carbocycles. The summed E-state index contributed by atoms with van der Waals surface area (Å²) in [6, 6.07) is 8.75. The van der Waals surface area contributed by atoms with E-state index in [-0.39, 0.29) is 0 Å². The number of amides is 1. The van der Waals surface area contributed by atoms with Crippen LogP contribution < -0.4 is 0 Å². The standard InChI is InChI=1S/C16H23NO2/c1-12(2)10-17(11-13(3)4)16(19)15(18)14-8-6-5-7-9-14/h5-9,12-13H,10-11H2,1-4H3. The van der Waals surface area contributed by atoms with Crippen LogP contribution in [0.25, 0.3) is 0 Å². The van der Waals surface area contributed by atoms with Gasteiger partial charge in [0, 0.05) is 18.7 Å². The van der Waals surface area contributed by atoms with Crippen molar-refractivity contribution in [2.24, 2.45) is 11.8 Å². The molecule has 104 valence electrons. The zero-order valence-electron chi connectivity index (χ0n) is 12.2. The van der Waals surface area contributed by atoms with E-state index in [1.165, 1.54) is 0 Å². The van der Waals surface area contributed by atoms with Gasteiger partial charge in [-0.3, -0.25) is 9.59 Å². The Morgan fingerprint density at radius 1 is 0.947 bits per heavy atom. The van der Waals surface area contributed by atoms with Gasteiger partial charge in [-0.05, 0) is 11.8 Å². The molecule has 0 aromatic heterocycles. The van der Waals surface area contributed by atoms with Crippen molar-refractivity contribution >= 4 is 11.7 Å². The van der Waals surface area contributed by atoms with Crippen LogP contribution in [0.1, 0.15) is 38.1 Å². The van der Waals surface area contributed by atoms with Crippen LogP contribution in [-0.4, -0.2) is 29.7 Å². The van der Waals surface area contributed by atoms with Gasteiger partial charge < -0.3 is 4.90 Å². The lowest BCUT2D eigenvalue weighted by Crippen LogP contribution is -2.41. The molecule has 3 heteroatoms. The molecule has 1 rings (SSSR count). The first-order chi connectivity index (χ1) is 8.91. The summed E-state index contributed by atoms with van der Waals surface area (Å²) >= 11 is 0. The zero-order valence-corrected chi connectivity index (χ0v) is 12.2. The summed E-state index contributed by atoms with van der Waals surface area (Å²) in [4.78, 5) is 26.1. The van der Waals surface area contributed by atoms with Gasteiger partial charge in [-0.15, -0.1) is 0 Å². The lowest BCUT2D eigenvalue weighted by atomic mass is 10.1. The number of Topliss-reactive ketones (excluding diaryl/α,β-unsaturated/α-hetero) is 1. The topological polar surface area (TPSA) is 37.4 Å². The first-order valence-corrected chi connectivity index (χ1v) is 6.80. The molecule has 0 N–H and O–H groups in total. The van der Waals surface area contributed by atoms with Crippen LogP contribution in [-0.2, 0) is 4.79 Å². The van der Waals surface area contributed by atoms with Gasteiger partial charge in [-0.1, -0.05) is 58.0 Å². The molecule has 0 saturated heterocycles. The SMILES string of the molecule is CC(C)CN(CC(C)C)C(=O)C(=O)c1ccccc1. The number of hydrogen-bond donors (Lipinski definition) is 0. The van der Waals surface area contributed by atoms with Crippen LogP contribution in [0.2, 0.25) is 0 Å². The Hall–Kier alpha value is -1.64. The van der Waals surface area contributed by atoms with Gasteiger partial charge in [0.1, 0.15) is 0 Å². The molecule has 0 fully saturated rings. The van der Waals surface area contributed by atoms with E-state index >= 15 is 0 Å². The molecule has 3 nitrogen and oxygen atoms in total. The van der Waals surface area contributed by atoms with Crippen molar-refractivity contribution in [2.45, 2.75) is 27.7 Å². The van der Waals surface area contributed by atoms with E-state index in [9.17, 15) is 9.59 Å². The third kappa shape index (κ3) is 4.86. The fourth-order valence-electron chi connectivity index (χ4n) is 1.98. The predicted octanol–water partition coefficient (Wildman–Crippen LogP) is 3.01. The minimum atomic E-state index is -0.415. The van der Waals surface area contributed by atoms with E-state index in [0.717, 1.165) is 0 Å². The van der Waals surface area contributed by atoms with Crippen molar-refractivity contribution in [3.05, 3.63) is 35.9 Å². The number of carbonyl (C=O) groups excluding carboxylic acids is 2. The highest BCUT2D eigenvalue weighted by molar-refractivity contribution is 6.42. The van der Waals surface area contributed by atoms with Crippen LogP contribution in [0.15, 0.2) is 30.3 Å². The van der Waals surface area contributed by atoms with Crippen molar-refractivity contribution in [1.82, 2.24) is 4.90 Å². The number of rotatable bonds is 6. The van der Waals surface area contributed by atoms with Crippen molar-refractivity contribution < 1.29 is 9.59 Å². The number of benzene rings is 1. The number of carbonyl (C=O) groups is 2. The molecule has 0 aliphatic rings. The van der Waals surface area contributed by atoms with Gasteiger partial charge in [-0.25, -0.2) is 0 Å². The summed E-state index contributed by atoms with van der Waals surface area (Å²) in [5.74, 6) is -0.104. The maximum absolute atomic E-state index is 12.3. The molecule has 0 bridgehead atoms. The fraction of sp³-hybridized carbons (Fsp3) is 0.500. The Balaban J connectivity index is 2.84. The molecule has 19 heavy (non-hydrogen) atoms. The van der Waals surface area contributed by atoms with Crippen LogP contribution in [0, 0.1) is 11.8 Å². The highest BCUT2D eigenvalue weighted by Crippen LogP contribution is 2.08. The normalized spacial score (nSPS) is 10.8. The van der Waals surface area contributed by atoms with Crippen molar-refractivity contribution in [2.75, 3.05) is 13.1 Å². The van der Waals surface area contributed by atoms with Crippen molar-refractivity contribution in [1.29, 1.82) is 0 Å². The monoisotopic (exact) mass is 261 g/mol. The van der Waals surface area contributed by atoms with Crippen LogP contribution >= 0.6 is 0 Å². The maximum Gasteiger partial charge on any atom is 0.294 e. The number of ketones is 1. The Morgan fingerprint density at radius 3 is 1.84 bits per heavy atom. The van der Waals surface area contributed by atoms with Gasteiger partial charge in [0.15, 0.2) is 0 Å².